The van der Waals surface area contributed by atoms with Gasteiger partial charge >= 0.3 is 12.1 Å². The normalized spacial score (nSPS) is 14.7. The molecule has 0 radical (unpaired) electrons. The number of hydrogen-bond donors (Lipinski definition) is 2. The maximum atomic E-state index is 12.5. The van der Waals surface area contributed by atoms with E-state index in [1.54, 1.807) is 11.3 Å². The summed E-state index contributed by atoms with van der Waals surface area (Å²) in [6.45, 7) is 9.10. The largest absolute Gasteiger partial charge is 0.490 e. The van der Waals surface area contributed by atoms with E-state index >= 15 is 0 Å². The molecule has 0 bridgehead atoms. The number of halogens is 3. The van der Waals surface area contributed by atoms with Crippen LogP contribution in [0.15, 0.2) is 65.4 Å². The van der Waals surface area contributed by atoms with Crippen molar-refractivity contribution >= 4 is 23.2 Å². The van der Waals surface area contributed by atoms with Crippen LogP contribution in [0.1, 0.15) is 39.0 Å². The molecule has 2 heterocycles. The Morgan fingerprint density at radius 2 is 1.42 bits per heavy atom. The van der Waals surface area contributed by atoms with Crippen LogP contribution in [0, 0.1) is 6.92 Å². The predicted molar refractivity (Wildman–Crippen MR) is 142 cm³/mol. The summed E-state index contributed by atoms with van der Waals surface area (Å²) in [5.41, 5.74) is 5.75. The zero-order valence-corrected chi connectivity index (χ0v) is 22.0. The zero-order valence-electron chi connectivity index (χ0n) is 21.2. The number of aliphatic carboxylic acids is 1. The van der Waals surface area contributed by atoms with Gasteiger partial charge in [0.15, 0.2) is 0 Å². The number of aryl methyl sites for hydroxylation is 1. The van der Waals surface area contributed by atoms with Crippen LogP contribution in [0.4, 0.5) is 13.2 Å². The van der Waals surface area contributed by atoms with E-state index in [0.29, 0.717) is 12.1 Å². The quantitative estimate of drug-likeness (QED) is 0.419. The van der Waals surface area contributed by atoms with Gasteiger partial charge in [-0.2, -0.15) is 24.5 Å². The maximum absolute atomic E-state index is 12.5. The SMILES string of the molecule is Cc1ccc(CNC(=O)c2ccc(CN3CCCN(Cc4ccsc4)CC3)cc2)cc1.O=C(O)C(F)(F)F. The van der Waals surface area contributed by atoms with Gasteiger partial charge in [0.05, 0.1) is 0 Å². The first-order chi connectivity index (χ1) is 18.1. The molecule has 0 aliphatic carbocycles. The van der Waals surface area contributed by atoms with Crippen LogP contribution < -0.4 is 5.32 Å². The fraction of sp³-hybridized carbons (Fsp3) is 0.357. The van der Waals surface area contributed by atoms with E-state index in [9.17, 15) is 18.0 Å². The van der Waals surface area contributed by atoms with Crippen LogP contribution in [0.5, 0.6) is 0 Å². The van der Waals surface area contributed by atoms with Gasteiger partial charge in [0.25, 0.3) is 5.91 Å². The Morgan fingerprint density at radius 3 is 1.95 bits per heavy atom. The van der Waals surface area contributed by atoms with Gasteiger partial charge < -0.3 is 10.4 Å². The zero-order chi connectivity index (χ0) is 27.5. The molecule has 2 N–H and O–H groups in total. The molecule has 1 amide bonds. The average molecular weight is 548 g/mol. The van der Waals surface area contributed by atoms with Crippen LogP contribution in [0.3, 0.4) is 0 Å². The molecule has 0 saturated carbocycles. The van der Waals surface area contributed by atoms with Crippen molar-refractivity contribution in [2.24, 2.45) is 0 Å². The van der Waals surface area contributed by atoms with E-state index in [4.69, 9.17) is 9.90 Å². The van der Waals surface area contributed by atoms with Crippen molar-refractivity contribution in [2.45, 2.75) is 39.2 Å². The van der Waals surface area contributed by atoms with E-state index in [2.05, 4.69) is 75.3 Å². The molecule has 1 aliphatic heterocycles. The van der Waals surface area contributed by atoms with Gasteiger partial charge in [-0.1, -0.05) is 42.0 Å². The van der Waals surface area contributed by atoms with Crippen LogP contribution in [-0.4, -0.2) is 59.1 Å². The molecule has 1 aliphatic rings. The molecule has 4 rings (SSSR count). The molecule has 0 unspecified atom stereocenters. The first-order valence-electron chi connectivity index (χ1n) is 12.3. The number of carboxylic acid groups (broad SMARTS) is 1. The van der Waals surface area contributed by atoms with E-state index in [-0.39, 0.29) is 5.91 Å². The molecular formula is C28H32F3N3O3S. The van der Waals surface area contributed by atoms with Gasteiger partial charge in [-0.05, 0) is 72.1 Å². The molecular weight excluding hydrogens is 515 g/mol. The molecule has 38 heavy (non-hydrogen) atoms. The number of benzene rings is 2. The maximum Gasteiger partial charge on any atom is 0.490 e. The molecule has 1 fully saturated rings. The monoisotopic (exact) mass is 547 g/mol. The number of carboxylic acids is 1. The van der Waals surface area contributed by atoms with Crippen molar-refractivity contribution in [1.82, 2.24) is 15.1 Å². The highest BCUT2D eigenvalue weighted by Gasteiger charge is 2.38. The summed E-state index contributed by atoms with van der Waals surface area (Å²) in [5.74, 6) is -2.78. The first kappa shape index (κ1) is 29.3. The number of nitrogens with one attached hydrogen (secondary N) is 1. The average Bonchev–Trinajstić information content (AvgIpc) is 3.30. The number of rotatable bonds is 7. The van der Waals surface area contributed by atoms with Gasteiger partial charge in [-0.15, -0.1) is 0 Å². The van der Waals surface area contributed by atoms with Crippen molar-refractivity contribution in [3.05, 3.63) is 93.2 Å². The molecule has 204 valence electrons. The Balaban J connectivity index is 0.000000505. The van der Waals surface area contributed by atoms with Crippen molar-refractivity contribution in [3.8, 4) is 0 Å². The van der Waals surface area contributed by atoms with E-state index in [1.807, 2.05) is 12.1 Å². The third kappa shape index (κ3) is 9.92. The minimum absolute atomic E-state index is 0.0223. The number of alkyl halides is 3. The van der Waals surface area contributed by atoms with Crippen LogP contribution >= 0.6 is 11.3 Å². The number of nitrogens with zero attached hydrogens (tertiary/aromatic N) is 2. The number of carbonyl (C=O) groups is 2. The summed E-state index contributed by atoms with van der Waals surface area (Å²) < 4.78 is 31.7. The lowest BCUT2D eigenvalue weighted by Crippen LogP contribution is -2.30. The highest BCUT2D eigenvalue weighted by molar-refractivity contribution is 7.07. The first-order valence-corrected chi connectivity index (χ1v) is 13.2. The van der Waals surface area contributed by atoms with Crippen molar-refractivity contribution < 1.29 is 27.9 Å². The molecule has 10 heteroatoms. The number of amides is 1. The smallest absolute Gasteiger partial charge is 0.475 e. The topological polar surface area (TPSA) is 72.9 Å². The van der Waals surface area contributed by atoms with Gasteiger partial charge in [-0.25, -0.2) is 4.79 Å². The molecule has 2 aromatic carbocycles. The van der Waals surface area contributed by atoms with Crippen molar-refractivity contribution in [3.63, 3.8) is 0 Å². The lowest BCUT2D eigenvalue weighted by atomic mass is 10.1. The highest BCUT2D eigenvalue weighted by atomic mass is 32.1. The number of thiophene rings is 1. The third-order valence-corrected chi connectivity index (χ3v) is 6.84. The fourth-order valence-electron chi connectivity index (χ4n) is 3.99. The minimum atomic E-state index is -5.08. The molecule has 1 aromatic heterocycles. The third-order valence-electron chi connectivity index (χ3n) is 6.11. The van der Waals surface area contributed by atoms with Crippen molar-refractivity contribution in [1.29, 1.82) is 0 Å². The Bertz CT molecular complexity index is 1150. The summed E-state index contributed by atoms with van der Waals surface area (Å²) in [5, 5.41) is 14.5. The standard InChI is InChI=1S/C26H31N3OS.C2HF3O2/c1-21-3-5-22(6-4-21)17-27-26(30)25-9-7-23(8-10-25)18-28-12-2-13-29(15-14-28)19-24-11-16-31-20-24;3-2(4,5)1(6)7/h3-11,16,20H,2,12-15,17-19H2,1H3,(H,27,30);(H,6,7). The lowest BCUT2D eigenvalue weighted by Gasteiger charge is -2.21. The summed E-state index contributed by atoms with van der Waals surface area (Å²) in [6, 6.07) is 18.6. The van der Waals surface area contributed by atoms with E-state index in [0.717, 1.165) is 44.8 Å². The molecule has 1 saturated heterocycles. The Kier molecular flexibility index (Phi) is 10.9. The molecule has 0 spiro atoms. The van der Waals surface area contributed by atoms with Gasteiger partial charge in [0.2, 0.25) is 0 Å². The molecule has 6 nitrogen and oxygen atoms in total. The Labute approximate surface area is 224 Å². The van der Waals surface area contributed by atoms with Gasteiger partial charge in [0.1, 0.15) is 0 Å². The summed E-state index contributed by atoms with van der Waals surface area (Å²) in [4.78, 5) is 26.5. The molecule has 0 atom stereocenters. The number of carbonyl (C=O) groups excluding carboxylic acids is 1. The summed E-state index contributed by atoms with van der Waals surface area (Å²) >= 11 is 1.78. The van der Waals surface area contributed by atoms with Crippen molar-refractivity contribution in [2.75, 3.05) is 26.2 Å². The fourth-order valence-corrected chi connectivity index (χ4v) is 4.65. The Morgan fingerprint density at radius 1 is 0.868 bits per heavy atom. The van der Waals surface area contributed by atoms with Crippen LogP contribution in [0.2, 0.25) is 0 Å². The molecule has 3 aromatic rings. The minimum Gasteiger partial charge on any atom is -0.475 e. The van der Waals surface area contributed by atoms with Gasteiger partial charge in [-0.3, -0.25) is 14.6 Å². The second-order valence-corrected chi connectivity index (χ2v) is 9.99. The summed E-state index contributed by atoms with van der Waals surface area (Å²) in [7, 11) is 0. The predicted octanol–water partition coefficient (Wildman–Crippen LogP) is 5.33. The number of hydrogen-bond acceptors (Lipinski definition) is 5. The summed E-state index contributed by atoms with van der Waals surface area (Å²) in [6.07, 6.45) is -3.89. The highest BCUT2D eigenvalue weighted by Crippen LogP contribution is 2.15. The second-order valence-electron chi connectivity index (χ2n) is 9.21. The van der Waals surface area contributed by atoms with Crippen LogP contribution in [-0.2, 0) is 24.4 Å². The lowest BCUT2D eigenvalue weighted by molar-refractivity contribution is -0.192. The van der Waals surface area contributed by atoms with E-state index < -0.39 is 12.1 Å². The van der Waals surface area contributed by atoms with E-state index in [1.165, 1.54) is 23.1 Å². The second kappa shape index (κ2) is 14.1. The Hall–Kier alpha value is -3.21. The van der Waals surface area contributed by atoms with Gasteiger partial charge in [0, 0.05) is 38.3 Å². The van der Waals surface area contributed by atoms with Crippen LogP contribution in [0.25, 0.3) is 0 Å².